The molecule has 2 aromatic carbocycles. The van der Waals surface area contributed by atoms with Gasteiger partial charge in [-0.05, 0) is 67.8 Å². The van der Waals surface area contributed by atoms with Gasteiger partial charge in [-0.3, -0.25) is 9.59 Å². The van der Waals surface area contributed by atoms with Crippen molar-refractivity contribution in [3.05, 3.63) is 48.5 Å². The molecular weight excluding hydrogens is 382 g/mol. The zero-order chi connectivity index (χ0) is 21.2. The molecule has 0 spiro atoms. The second-order valence-electron chi connectivity index (χ2n) is 7.25. The third-order valence-corrected chi connectivity index (χ3v) is 4.70. The van der Waals surface area contributed by atoms with E-state index in [1.54, 1.807) is 24.3 Å². The molecule has 1 atom stereocenters. The largest absolute Gasteiger partial charge is 0.491 e. The predicted octanol–water partition coefficient (Wildman–Crippen LogP) is 4.03. The summed E-state index contributed by atoms with van der Waals surface area (Å²) in [6, 6.07) is 14.6. The van der Waals surface area contributed by atoms with E-state index >= 15 is 0 Å². The van der Waals surface area contributed by atoms with Crippen LogP contribution in [0, 0.1) is 0 Å². The van der Waals surface area contributed by atoms with Gasteiger partial charge in [0.15, 0.2) is 0 Å². The van der Waals surface area contributed by atoms with Crippen LogP contribution >= 0.6 is 0 Å². The highest BCUT2D eigenvalue weighted by atomic mass is 16.5. The lowest BCUT2D eigenvalue weighted by Gasteiger charge is -2.12. The van der Waals surface area contributed by atoms with E-state index in [0.29, 0.717) is 24.4 Å². The average Bonchev–Trinajstić information content (AvgIpc) is 3.27. The fourth-order valence-corrected chi connectivity index (χ4v) is 3.11. The highest BCUT2D eigenvalue weighted by Gasteiger charge is 2.15. The second kappa shape index (κ2) is 11.2. The number of amides is 2. The highest BCUT2D eigenvalue weighted by molar-refractivity contribution is 5.94. The molecule has 2 aromatic rings. The summed E-state index contributed by atoms with van der Waals surface area (Å²) in [4.78, 5) is 23.8. The van der Waals surface area contributed by atoms with Crippen LogP contribution in [0.1, 0.15) is 32.6 Å². The van der Waals surface area contributed by atoms with E-state index in [1.165, 1.54) is 0 Å². The highest BCUT2D eigenvalue weighted by Crippen LogP contribution is 2.19. The lowest BCUT2D eigenvalue weighted by molar-refractivity contribution is -0.116. The van der Waals surface area contributed by atoms with E-state index in [1.807, 2.05) is 31.2 Å². The smallest absolute Gasteiger partial charge is 0.243 e. The minimum Gasteiger partial charge on any atom is -0.491 e. The van der Waals surface area contributed by atoms with Crippen molar-refractivity contribution in [3.63, 3.8) is 0 Å². The molecule has 7 nitrogen and oxygen atoms in total. The van der Waals surface area contributed by atoms with Gasteiger partial charge in [0, 0.05) is 30.1 Å². The molecule has 0 aliphatic carbocycles. The van der Waals surface area contributed by atoms with Crippen molar-refractivity contribution in [1.82, 2.24) is 0 Å². The summed E-state index contributed by atoms with van der Waals surface area (Å²) in [7, 11) is 0. The Bertz CT molecular complexity index is 815. The van der Waals surface area contributed by atoms with Gasteiger partial charge in [-0.15, -0.1) is 0 Å². The van der Waals surface area contributed by atoms with Crippen molar-refractivity contribution in [3.8, 4) is 5.75 Å². The molecule has 0 bridgehead atoms. The Balaban J connectivity index is 1.39. The van der Waals surface area contributed by atoms with Gasteiger partial charge in [0.25, 0.3) is 0 Å². The standard InChI is InChI=1S/C23H29N3O4/c1-2-4-22(27)25-18-6-8-19(9-7-18)26-23(28)15-24-17-10-12-20(13-11-17)30-16-21-5-3-14-29-21/h6-13,21,24H,2-5,14-16H2,1H3,(H,25,27)(H,26,28). The van der Waals surface area contributed by atoms with Crippen LogP contribution in [0.4, 0.5) is 17.1 Å². The van der Waals surface area contributed by atoms with Gasteiger partial charge in [-0.2, -0.15) is 0 Å². The van der Waals surface area contributed by atoms with Crippen molar-refractivity contribution >= 4 is 28.9 Å². The number of hydrogen-bond acceptors (Lipinski definition) is 5. The first-order valence-electron chi connectivity index (χ1n) is 10.4. The number of anilines is 3. The minimum atomic E-state index is -0.156. The van der Waals surface area contributed by atoms with Crippen LogP contribution in [-0.2, 0) is 14.3 Å². The molecule has 1 fully saturated rings. The predicted molar refractivity (Wildman–Crippen MR) is 118 cm³/mol. The molecule has 1 aliphatic rings. The van der Waals surface area contributed by atoms with Crippen LogP contribution in [0.5, 0.6) is 5.75 Å². The third kappa shape index (κ3) is 7.08. The van der Waals surface area contributed by atoms with Gasteiger partial charge < -0.3 is 25.4 Å². The number of carbonyl (C=O) groups excluding carboxylic acids is 2. The molecule has 1 saturated heterocycles. The molecule has 0 saturated carbocycles. The molecule has 30 heavy (non-hydrogen) atoms. The van der Waals surface area contributed by atoms with E-state index in [4.69, 9.17) is 9.47 Å². The fraction of sp³-hybridized carbons (Fsp3) is 0.391. The molecule has 1 aliphatic heterocycles. The quantitative estimate of drug-likeness (QED) is 0.549. The first kappa shape index (κ1) is 21.6. The maximum absolute atomic E-state index is 12.2. The van der Waals surface area contributed by atoms with Crippen LogP contribution in [-0.4, -0.2) is 37.7 Å². The minimum absolute atomic E-state index is 0.0122. The number of benzene rings is 2. The Labute approximate surface area is 177 Å². The Morgan fingerprint density at radius 3 is 2.20 bits per heavy atom. The number of rotatable bonds is 10. The molecule has 3 N–H and O–H groups in total. The molecule has 0 aromatic heterocycles. The fourth-order valence-electron chi connectivity index (χ4n) is 3.11. The van der Waals surface area contributed by atoms with Crippen LogP contribution in [0.3, 0.4) is 0 Å². The summed E-state index contributed by atoms with van der Waals surface area (Å²) in [5, 5.41) is 8.74. The van der Waals surface area contributed by atoms with E-state index < -0.39 is 0 Å². The lowest BCUT2D eigenvalue weighted by Crippen LogP contribution is -2.21. The molecule has 1 unspecified atom stereocenters. The van der Waals surface area contributed by atoms with Gasteiger partial charge in [0.1, 0.15) is 12.4 Å². The summed E-state index contributed by atoms with van der Waals surface area (Å²) in [6.45, 7) is 3.49. The number of nitrogens with one attached hydrogen (secondary N) is 3. The van der Waals surface area contributed by atoms with Gasteiger partial charge in [0.05, 0.1) is 12.6 Å². The first-order valence-corrected chi connectivity index (χ1v) is 10.4. The number of ether oxygens (including phenoxy) is 2. The number of carbonyl (C=O) groups is 2. The van der Waals surface area contributed by atoms with Crippen LogP contribution in [0.15, 0.2) is 48.5 Å². The van der Waals surface area contributed by atoms with E-state index in [0.717, 1.165) is 37.3 Å². The Hall–Kier alpha value is -3.06. The topological polar surface area (TPSA) is 88.7 Å². The SMILES string of the molecule is CCCC(=O)Nc1ccc(NC(=O)CNc2ccc(OCC3CCCO3)cc2)cc1. The third-order valence-electron chi connectivity index (χ3n) is 4.70. The van der Waals surface area contributed by atoms with Crippen molar-refractivity contribution in [2.24, 2.45) is 0 Å². The Kier molecular flexibility index (Phi) is 8.09. The Morgan fingerprint density at radius 2 is 1.60 bits per heavy atom. The second-order valence-corrected chi connectivity index (χ2v) is 7.25. The van der Waals surface area contributed by atoms with E-state index in [2.05, 4.69) is 16.0 Å². The molecule has 3 rings (SSSR count). The zero-order valence-electron chi connectivity index (χ0n) is 17.3. The summed E-state index contributed by atoms with van der Waals surface area (Å²) >= 11 is 0. The number of hydrogen-bond donors (Lipinski definition) is 3. The van der Waals surface area contributed by atoms with Gasteiger partial charge in [-0.25, -0.2) is 0 Å². The first-order chi connectivity index (χ1) is 14.6. The molecular formula is C23H29N3O4. The van der Waals surface area contributed by atoms with Crippen molar-refractivity contribution < 1.29 is 19.1 Å². The molecule has 0 radical (unpaired) electrons. The molecule has 2 amide bonds. The molecule has 7 heteroatoms. The normalized spacial score (nSPS) is 15.4. The van der Waals surface area contributed by atoms with Crippen molar-refractivity contribution in [2.75, 3.05) is 35.7 Å². The van der Waals surface area contributed by atoms with Crippen LogP contribution in [0.25, 0.3) is 0 Å². The van der Waals surface area contributed by atoms with Gasteiger partial charge in [-0.1, -0.05) is 6.92 Å². The van der Waals surface area contributed by atoms with Gasteiger partial charge >= 0.3 is 0 Å². The summed E-state index contributed by atoms with van der Waals surface area (Å²) in [5.41, 5.74) is 2.23. The van der Waals surface area contributed by atoms with Crippen LogP contribution < -0.4 is 20.7 Å². The summed E-state index contributed by atoms with van der Waals surface area (Å²) < 4.78 is 11.3. The molecule has 160 valence electrons. The monoisotopic (exact) mass is 411 g/mol. The summed E-state index contributed by atoms with van der Waals surface area (Å²) in [5.74, 6) is 0.616. The maximum Gasteiger partial charge on any atom is 0.243 e. The van der Waals surface area contributed by atoms with Crippen molar-refractivity contribution in [1.29, 1.82) is 0 Å². The maximum atomic E-state index is 12.2. The van der Waals surface area contributed by atoms with Crippen molar-refractivity contribution in [2.45, 2.75) is 38.7 Å². The van der Waals surface area contributed by atoms with E-state index in [-0.39, 0.29) is 24.5 Å². The average molecular weight is 412 g/mol. The van der Waals surface area contributed by atoms with Gasteiger partial charge in [0.2, 0.25) is 11.8 Å². The Morgan fingerprint density at radius 1 is 0.967 bits per heavy atom. The zero-order valence-corrected chi connectivity index (χ0v) is 17.3. The molecule has 1 heterocycles. The summed E-state index contributed by atoms with van der Waals surface area (Å²) in [6.07, 6.45) is 3.63. The van der Waals surface area contributed by atoms with E-state index in [9.17, 15) is 9.59 Å². The van der Waals surface area contributed by atoms with Crippen LogP contribution in [0.2, 0.25) is 0 Å². The lowest BCUT2D eigenvalue weighted by atomic mass is 10.2.